The predicted molar refractivity (Wildman–Crippen MR) is 36.4 cm³/mol. The molecule has 3 N–H and O–H groups in total. The Labute approximate surface area is 68.1 Å². The Balaban J connectivity index is 2.59. The van der Waals surface area contributed by atoms with Gasteiger partial charge in [0.05, 0.1) is 6.61 Å². The van der Waals surface area contributed by atoms with E-state index in [9.17, 15) is 9.59 Å². The standard InChI is InChI=1S/C6H9NO5/c8-3(6(10)11)4-5(9)7-1-2-12-4/h3-4,8H,1-2H2,(H,7,9)(H,10,11). The van der Waals surface area contributed by atoms with Crippen molar-refractivity contribution in [1.29, 1.82) is 0 Å². The van der Waals surface area contributed by atoms with Crippen LogP contribution < -0.4 is 5.32 Å². The van der Waals surface area contributed by atoms with Crippen LogP contribution in [0.3, 0.4) is 0 Å². The molecule has 1 rings (SSSR count). The number of aliphatic hydroxyl groups is 1. The van der Waals surface area contributed by atoms with E-state index in [0.717, 1.165) is 0 Å². The number of morpholine rings is 1. The van der Waals surface area contributed by atoms with Crippen molar-refractivity contribution in [3.8, 4) is 0 Å². The van der Waals surface area contributed by atoms with Gasteiger partial charge >= 0.3 is 5.97 Å². The van der Waals surface area contributed by atoms with Gasteiger partial charge in [0.2, 0.25) is 0 Å². The van der Waals surface area contributed by atoms with Crippen LogP contribution in [0.25, 0.3) is 0 Å². The second kappa shape index (κ2) is 3.51. The molecule has 1 aliphatic heterocycles. The summed E-state index contributed by atoms with van der Waals surface area (Å²) in [7, 11) is 0. The largest absolute Gasteiger partial charge is 0.479 e. The highest BCUT2D eigenvalue weighted by atomic mass is 16.5. The third-order valence-corrected chi connectivity index (χ3v) is 1.50. The molecule has 0 saturated carbocycles. The first kappa shape index (κ1) is 8.95. The summed E-state index contributed by atoms with van der Waals surface area (Å²) in [4.78, 5) is 21.1. The molecule has 1 heterocycles. The average Bonchev–Trinajstić information content (AvgIpc) is 2.04. The van der Waals surface area contributed by atoms with Crippen molar-refractivity contribution >= 4 is 11.9 Å². The Morgan fingerprint density at radius 3 is 2.92 bits per heavy atom. The number of rotatable bonds is 2. The maximum Gasteiger partial charge on any atom is 0.335 e. The number of carbonyl (C=O) groups excluding carboxylic acids is 1. The van der Waals surface area contributed by atoms with Gasteiger partial charge in [-0.25, -0.2) is 4.79 Å². The highest BCUT2D eigenvalue weighted by molar-refractivity contribution is 5.88. The fourth-order valence-electron chi connectivity index (χ4n) is 0.900. The minimum Gasteiger partial charge on any atom is -0.479 e. The molecule has 0 aromatic rings. The number of nitrogens with one attached hydrogen (secondary N) is 1. The van der Waals surface area contributed by atoms with Crippen molar-refractivity contribution in [3.63, 3.8) is 0 Å². The van der Waals surface area contributed by atoms with E-state index in [-0.39, 0.29) is 6.61 Å². The lowest BCUT2D eigenvalue weighted by Crippen LogP contribution is -2.52. The summed E-state index contributed by atoms with van der Waals surface area (Å²) in [5.41, 5.74) is 0. The van der Waals surface area contributed by atoms with Crippen molar-refractivity contribution in [2.24, 2.45) is 0 Å². The molecule has 1 fully saturated rings. The maximum absolute atomic E-state index is 10.9. The third-order valence-electron chi connectivity index (χ3n) is 1.50. The van der Waals surface area contributed by atoms with Gasteiger partial charge in [0.1, 0.15) is 0 Å². The van der Waals surface area contributed by atoms with Crippen molar-refractivity contribution in [3.05, 3.63) is 0 Å². The van der Waals surface area contributed by atoms with Crippen LogP contribution in [0, 0.1) is 0 Å². The zero-order valence-corrected chi connectivity index (χ0v) is 6.19. The number of hydrogen-bond donors (Lipinski definition) is 3. The molecule has 6 nitrogen and oxygen atoms in total. The van der Waals surface area contributed by atoms with Crippen molar-refractivity contribution in [2.45, 2.75) is 12.2 Å². The number of hydrogen-bond acceptors (Lipinski definition) is 4. The third kappa shape index (κ3) is 1.72. The summed E-state index contributed by atoms with van der Waals surface area (Å²) >= 11 is 0. The first-order valence-electron chi connectivity index (χ1n) is 3.43. The van der Waals surface area contributed by atoms with Crippen LogP contribution in [0.2, 0.25) is 0 Å². The van der Waals surface area contributed by atoms with Gasteiger partial charge in [-0.1, -0.05) is 0 Å². The van der Waals surface area contributed by atoms with Gasteiger partial charge in [0.15, 0.2) is 12.2 Å². The number of carboxylic acids is 1. The number of carbonyl (C=O) groups is 2. The summed E-state index contributed by atoms with van der Waals surface area (Å²) in [6, 6.07) is 0. The van der Waals surface area contributed by atoms with Crippen molar-refractivity contribution in [2.75, 3.05) is 13.2 Å². The number of aliphatic carboxylic acids is 1. The van der Waals surface area contributed by atoms with Crippen LogP contribution in [0.15, 0.2) is 0 Å². The Bertz CT molecular complexity index is 204. The molecule has 68 valence electrons. The van der Waals surface area contributed by atoms with Crippen LogP contribution in [0.4, 0.5) is 0 Å². The summed E-state index contributed by atoms with van der Waals surface area (Å²) in [5.74, 6) is -2.05. The summed E-state index contributed by atoms with van der Waals surface area (Å²) in [5, 5.41) is 19.7. The molecular formula is C6H9NO5. The molecule has 0 aromatic carbocycles. The molecule has 1 saturated heterocycles. The molecule has 0 radical (unpaired) electrons. The van der Waals surface area contributed by atoms with E-state index in [0.29, 0.717) is 6.54 Å². The van der Waals surface area contributed by atoms with Gasteiger partial charge < -0.3 is 20.3 Å². The van der Waals surface area contributed by atoms with E-state index >= 15 is 0 Å². The SMILES string of the molecule is O=C(O)C(O)C1OCCNC1=O. The maximum atomic E-state index is 10.9. The van der Waals surface area contributed by atoms with Crippen LogP contribution in [0.5, 0.6) is 0 Å². The average molecular weight is 175 g/mol. The smallest absolute Gasteiger partial charge is 0.335 e. The lowest BCUT2D eigenvalue weighted by Gasteiger charge is -2.24. The van der Waals surface area contributed by atoms with Crippen molar-refractivity contribution < 1.29 is 24.5 Å². The van der Waals surface area contributed by atoms with Gasteiger partial charge in [0.25, 0.3) is 5.91 Å². The first-order valence-corrected chi connectivity index (χ1v) is 3.43. The van der Waals surface area contributed by atoms with Crippen LogP contribution in [-0.4, -0.2) is 47.4 Å². The molecule has 2 atom stereocenters. The van der Waals surface area contributed by atoms with Gasteiger partial charge in [0, 0.05) is 6.54 Å². The van der Waals surface area contributed by atoms with Gasteiger partial charge in [-0.05, 0) is 0 Å². The van der Waals surface area contributed by atoms with Crippen LogP contribution in [0.1, 0.15) is 0 Å². The zero-order valence-electron chi connectivity index (χ0n) is 6.19. The van der Waals surface area contributed by atoms with E-state index in [4.69, 9.17) is 14.9 Å². The lowest BCUT2D eigenvalue weighted by atomic mass is 10.2. The lowest BCUT2D eigenvalue weighted by molar-refractivity contribution is -0.165. The minimum absolute atomic E-state index is 0.223. The second-order valence-corrected chi connectivity index (χ2v) is 2.37. The molecular weight excluding hydrogens is 166 g/mol. The molecule has 0 aliphatic carbocycles. The molecule has 12 heavy (non-hydrogen) atoms. The number of carboxylic acid groups (broad SMARTS) is 1. The molecule has 6 heteroatoms. The van der Waals surface area contributed by atoms with Crippen LogP contribution >= 0.6 is 0 Å². The molecule has 2 unspecified atom stereocenters. The fraction of sp³-hybridized carbons (Fsp3) is 0.667. The van der Waals surface area contributed by atoms with Gasteiger partial charge in [-0.3, -0.25) is 4.79 Å². The van der Waals surface area contributed by atoms with E-state index in [2.05, 4.69) is 5.32 Å². The number of ether oxygens (including phenoxy) is 1. The summed E-state index contributed by atoms with van der Waals surface area (Å²) in [6.45, 7) is 0.572. The Morgan fingerprint density at radius 1 is 1.75 bits per heavy atom. The molecule has 1 aliphatic rings. The quantitative estimate of drug-likeness (QED) is 0.448. The molecule has 1 amide bonds. The number of aliphatic hydroxyl groups excluding tert-OH is 1. The van der Waals surface area contributed by atoms with Crippen LogP contribution in [-0.2, 0) is 14.3 Å². The summed E-state index contributed by atoms with van der Waals surface area (Å²) < 4.78 is 4.77. The zero-order chi connectivity index (χ0) is 9.14. The van der Waals surface area contributed by atoms with Gasteiger partial charge in [-0.2, -0.15) is 0 Å². The minimum atomic E-state index is -1.79. The second-order valence-electron chi connectivity index (χ2n) is 2.37. The van der Waals surface area contributed by atoms with E-state index in [1.54, 1.807) is 0 Å². The highest BCUT2D eigenvalue weighted by Gasteiger charge is 2.34. The highest BCUT2D eigenvalue weighted by Crippen LogP contribution is 2.03. The molecule has 0 bridgehead atoms. The Kier molecular flexibility index (Phi) is 2.61. The Hall–Kier alpha value is -1.14. The first-order chi connectivity index (χ1) is 5.63. The predicted octanol–water partition coefficient (Wildman–Crippen LogP) is -2.05. The molecule has 0 aromatic heterocycles. The van der Waals surface area contributed by atoms with Crippen molar-refractivity contribution in [1.82, 2.24) is 5.32 Å². The summed E-state index contributed by atoms with van der Waals surface area (Å²) in [6.07, 6.45) is -3.07. The van der Waals surface area contributed by atoms with E-state index in [1.807, 2.05) is 0 Å². The van der Waals surface area contributed by atoms with E-state index < -0.39 is 24.1 Å². The van der Waals surface area contributed by atoms with Gasteiger partial charge in [-0.15, -0.1) is 0 Å². The molecule has 0 spiro atoms. The Morgan fingerprint density at radius 2 is 2.42 bits per heavy atom. The monoisotopic (exact) mass is 175 g/mol. The topological polar surface area (TPSA) is 95.9 Å². The normalized spacial score (nSPS) is 26.1. The number of amides is 1. The fourth-order valence-corrected chi connectivity index (χ4v) is 0.900. The van der Waals surface area contributed by atoms with E-state index in [1.165, 1.54) is 0 Å².